The fraction of sp³-hybridized carbons (Fsp3) is 0.493. The number of nitrogens with one attached hydrogen (secondary N) is 8. The van der Waals surface area contributed by atoms with Crippen molar-refractivity contribution in [3.05, 3.63) is 122 Å². The highest BCUT2D eigenvalue weighted by Gasteiger charge is 2.32. The minimum atomic E-state index is -4.67. The van der Waals surface area contributed by atoms with Crippen LogP contribution in [-0.2, 0) is 43.6 Å². The van der Waals surface area contributed by atoms with Gasteiger partial charge in [0.1, 0.15) is 55.8 Å². The molecule has 0 radical (unpaired) electrons. The number of carbonyl (C=O) groups excluding carboxylic acids is 4. The summed E-state index contributed by atoms with van der Waals surface area (Å²) in [5.74, 6) is -1.04. The lowest BCUT2D eigenvalue weighted by Gasteiger charge is -2.34. The van der Waals surface area contributed by atoms with Crippen LogP contribution in [0.5, 0.6) is 0 Å². The molecule has 0 saturated carbocycles. The third-order valence-corrected chi connectivity index (χ3v) is 18.6. The number of ether oxygens (including phenoxy) is 7. The highest BCUT2D eigenvalue weighted by molar-refractivity contribution is 9.10. The number of hydrogen-bond acceptors (Lipinski definition) is 34. The molecular formula is C71H97Br2FN22O15S4. The molecule has 0 aromatic carbocycles. The molecule has 8 atom stereocenters. The average molecular weight is 1810 g/mol. The number of carbonyl (C=O) groups is 4. The molecule has 0 bridgehead atoms. The molecule has 7 aromatic rings. The van der Waals surface area contributed by atoms with Gasteiger partial charge in [0.2, 0.25) is 0 Å². The maximum absolute atomic E-state index is 12.3. The second kappa shape index (κ2) is 46.3. The Kier molecular flexibility index (Phi) is 38.7. The van der Waals surface area contributed by atoms with Gasteiger partial charge in [-0.2, -0.15) is 37.3 Å². The van der Waals surface area contributed by atoms with Gasteiger partial charge in [0.05, 0.1) is 136 Å². The van der Waals surface area contributed by atoms with E-state index in [2.05, 4.69) is 114 Å². The molecule has 7 aromatic heterocycles. The Morgan fingerprint density at radius 3 is 1.29 bits per heavy atom. The number of anilines is 8. The van der Waals surface area contributed by atoms with Gasteiger partial charge in [-0.3, -0.25) is 13.9 Å². The van der Waals surface area contributed by atoms with Crippen molar-refractivity contribution >= 4 is 144 Å². The minimum absolute atomic E-state index is 0.0205. The molecule has 18 N–H and O–H groups in total. The molecule has 4 aliphatic heterocycles. The first kappa shape index (κ1) is 96.1. The van der Waals surface area contributed by atoms with Crippen LogP contribution < -0.4 is 65.5 Å². The zero-order chi connectivity index (χ0) is 85.4. The minimum Gasteiger partial charge on any atom is -0.444 e. The Hall–Kier alpha value is -9.44. The van der Waals surface area contributed by atoms with E-state index in [4.69, 9.17) is 84.1 Å². The van der Waals surface area contributed by atoms with E-state index < -0.39 is 57.2 Å². The van der Waals surface area contributed by atoms with E-state index in [0.29, 0.717) is 91.0 Å². The summed E-state index contributed by atoms with van der Waals surface area (Å²) in [7, 11) is -4.67. The van der Waals surface area contributed by atoms with Crippen LogP contribution in [0, 0.1) is 60.6 Å². The second-order valence-electron chi connectivity index (χ2n) is 28.5. The van der Waals surface area contributed by atoms with Gasteiger partial charge in [0.25, 0.3) is 5.91 Å². The summed E-state index contributed by atoms with van der Waals surface area (Å²) in [5.41, 5.74) is 28.3. The predicted molar refractivity (Wildman–Crippen MR) is 440 cm³/mol. The number of nitriles is 3. The summed E-state index contributed by atoms with van der Waals surface area (Å²) < 4.78 is 94.6. The second-order valence-corrected chi connectivity index (χ2v) is 33.6. The number of pyridine rings is 4. The number of halogens is 3. The van der Waals surface area contributed by atoms with Crippen LogP contribution in [0.1, 0.15) is 133 Å². The lowest BCUT2D eigenvalue weighted by Crippen LogP contribution is -2.54. The summed E-state index contributed by atoms with van der Waals surface area (Å²) >= 11 is 10.3. The van der Waals surface area contributed by atoms with E-state index >= 15 is 0 Å². The first-order valence-electron chi connectivity index (χ1n) is 35.3. The highest BCUT2D eigenvalue weighted by Crippen LogP contribution is 2.30. The van der Waals surface area contributed by atoms with E-state index in [-0.39, 0.29) is 59.7 Å². The number of amides is 4. The van der Waals surface area contributed by atoms with Crippen molar-refractivity contribution in [1.82, 2.24) is 49.0 Å². The molecule has 4 amide bonds. The van der Waals surface area contributed by atoms with Crippen molar-refractivity contribution in [2.24, 2.45) is 17.2 Å². The van der Waals surface area contributed by atoms with E-state index in [0.717, 1.165) is 74.6 Å². The predicted octanol–water partition coefficient (Wildman–Crippen LogP) is 10.4. The summed E-state index contributed by atoms with van der Waals surface area (Å²) in [5, 5.41) is 54.0. The number of alkyl carbamates (subject to hydrolysis) is 3. The van der Waals surface area contributed by atoms with Gasteiger partial charge < -0.3 is 98.6 Å². The number of primary amides is 1. The SMILES string of the molecule is CC(C)(C)OC(=O)N[C@H]1COCC[C@H]1N.CC(C)(C)OC(=O)N[C@H]1COCC[C@H]1Nc1cnc(C#N)c(Br)c1.Cc1cc(N)sn1.Cc1cc(Nc2cc(N[C@@H]3CCOC[C@@H]3N)cnc2C(N)=O)sn1.Cc1cc(Nc2cc(N[C@@H]3CCOC[C@@H]3NC(=O)OC(C)(C)C)cnc2C#N)sn1.N#Cc1ncc(F)cc1Br.O=S(=O)(O)O. The van der Waals surface area contributed by atoms with Gasteiger partial charge in [0.15, 0.2) is 22.8 Å². The van der Waals surface area contributed by atoms with Crippen LogP contribution in [0.15, 0.2) is 76.2 Å². The van der Waals surface area contributed by atoms with Crippen molar-refractivity contribution in [2.45, 2.75) is 174 Å². The van der Waals surface area contributed by atoms with E-state index in [1.54, 1.807) is 30.7 Å². The molecule has 11 rings (SSSR count). The zero-order valence-electron chi connectivity index (χ0n) is 65.2. The maximum Gasteiger partial charge on any atom is 0.408 e. The maximum atomic E-state index is 12.3. The molecule has 11 heterocycles. The molecule has 37 nitrogen and oxygen atoms in total. The number of rotatable bonds is 14. The number of aryl methyl sites for hydroxylation is 3. The summed E-state index contributed by atoms with van der Waals surface area (Å²) in [6.45, 7) is 26.4. The third-order valence-electron chi connectivity index (χ3n) is 15.1. The van der Waals surface area contributed by atoms with Crippen molar-refractivity contribution in [3.63, 3.8) is 0 Å². The number of hydrogen-bond donors (Lipinski definition) is 14. The van der Waals surface area contributed by atoms with Crippen LogP contribution in [0.25, 0.3) is 0 Å². The largest absolute Gasteiger partial charge is 0.444 e. The molecule has 4 fully saturated rings. The first-order valence-corrected chi connectivity index (χ1v) is 40.6. The zero-order valence-corrected chi connectivity index (χ0v) is 71.6. The van der Waals surface area contributed by atoms with Crippen molar-refractivity contribution < 1.29 is 74.2 Å². The van der Waals surface area contributed by atoms with Gasteiger partial charge in [-0.1, -0.05) is 0 Å². The van der Waals surface area contributed by atoms with Crippen LogP contribution in [0.2, 0.25) is 0 Å². The Balaban J connectivity index is 0.000000255. The lowest BCUT2D eigenvalue weighted by atomic mass is 10.0. The number of nitrogen functional groups attached to an aromatic ring is 1. The standard InChI is InChI=1S/C20H26N6O3S.C16H21BrN4O3.C15H20N6O2S.C10H20N2O3.C6H2BrFN2.C4H6N2S.H2O4S/c1-12-7-18(30-26-12)24-15-8-13(10-22-16(15)9-21)23-14-5-6-28-11-17(14)25-19(27)29-20(2,3)4;1-16(2,3)24-15(22)21-14-9-23-5-4-12(14)20-10-6-11(17)13(7-18)19-8-10;1-8-4-13(24-21-8)20-12-5-9(6-18-14(12)15(17)22)19-11-2-3-23-7-10(11)16;1-10(2,3)15-9(13)12-8-6-14-5-4-7(8)11;7-5-1-4(8)3-10-6(5)2-9;1-3-2-4(5)7-6-3;1-5(2,3)4/h7-8,10,14,17,23-24H,5-6,11H2,1-4H3,(H,25,27);6,8,12,14,20H,4-5,9H2,1-3H3,(H,21,22);4-6,10-11,19-20H,2-3,7,16H2,1H3,(H2,17,22);7-8H,4-6,11H2,1-3H3,(H,12,13);1,3H;2H,5H2,1H3;(H2,1,2,3,4)/t14-,17+;12-,14+;10-,11+;7-,8+;;;/m1101.../s1. The fourth-order valence-electron chi connectivity index (χ4n) is 10.1. The van der Waals surface area contributed by atoms with E-state index in [9.17, 15) is 28.8 Å². The molecule has 626 valence electrons. The van der Waals surface area contributed by atoms with Crippen molar-refractivity contribution in [2.75, 3.05) is 85.2 Å². The van der Waals surface area contributed by atoms with E-state index in [1.807, 2.05) is 119 Å². The van der Waals surface area contributed by atoms with Gasteiger partial charge in [-0.15, -0.1) is 0 Å². The summed E-state index contributed by atoms with van der Waals surface area (Å²) in [6, 6.07) is 17.4. The normalized spacial score (nSPS) is 19.0. The molecule has 115 heavy (non-hydrogen) atoms. The van der Waals surface area contributed by atoms with Crippen molar-refractivity contribution in [1.29, 1.82) is 15.8 Å². The Labute approximate surface area is 695 Å². The average Bonchev–Trinajstić information content (AvgIpc) is 1.76. The number of aromatic nitrogens is 7. The van der Waals surface area contributed by atoms with Crippen LogP contribution in [0.4, 0.5) is 62.2 Å². The topological polar surface area (TPSA) is 569 Å². The molecular weight excluding hydrogens is 1710 g/mol. The molecule has 0 unspecified atom stereocenters. The Morgan fingerprint density at radius 2 is 0.896 bits per heavy atom. The highest BCUT2D eigenvalue weighted by atomic mass is 79.9. The first-order chi connectivity index (χ1) is 53.9. The van der Waals surface area contributed by atoms with Gasteiger partial charge in [0, 0.05) is 44.6 Å². The van der Waals surface area contributed by atoms with Crippen LogP contribution in [-0.4, -0.2) is 193 Å². The molecule has 4 aliphatic rings. The van der Waals surface area contributed by atoms with Crippen LogP contribution in [0.3, 0.4) is 0 Å². The summed E-state index contributed by atoms with van der Waals surface area (Å²) in [4.78, 5) is 63.3. The van der Waals surface area contributed by atoms with Crippen LogP contribution >= 0.6 is 66.5 Å². The molecule has 44 heteroatoms. The third kappa shape index (κ3) is 37.8. The molecule has 0 spiro atoms. The quantitative estimate of drug-likeness (QED) is 0.0355. The van der Waals surface area contributed by atoms with Gasteiger partial charge >= 0.3 is 28.7 Å². The molecule has 0 aliphatic carbocycles. The fourth-order valence-corrected chi connectivity index (χ4v) is 12.8. The summed E-state index contributed by atoms with van der Waals surface area (Å²) in [6.07, 6.45) is 7.44. The van der Waals surface area contributed by atoms with Crippen molar-refractivity contribution in [3.8, 4) is 18.2 Å². The van der Waals surface area contributed by atoms with Gasteiger partial charge in [-0.05, 0) is 218 Å². The number of nitrogens with two attached hydrogens (primary N) is 4. The Bertz CT molecular complexity index is 4540. The van der Waals surface area contributed by atoms with Gasteiger partial charge in [-0.25, -0.2) is 38.7 Å². The lowest BCUT2D eigenvalue weighted by molar-refractivity contribution is 0.0297. The monoisotopic (exact) mass is 1800 g/mol. The smallest absolute Gasteiger partial charge is 0.408 e. The Morgan fingerprint density at radius 1 is 0.522 bits per heavy atom. The van der Waals surface area contributed by atoms with E-state index in [1.165, 1.54) is 40.7 Å². The number of nitrogens with zero attached hydrogens (tertiary/aromatic N) is 10. The molecule has 4 saturated heterocycles.